The summed E-state index contributed by atoms with van der Waals surface area (Å²) >= 11 is 0. The number of carbonyl (C=O) groups excluding carboxylic acids is 2. The number of nitrogens with zero attached hydrogens (tertiary/aromatic N) is 2. The third-order valence-corrected chi connectivity index (χ3v) is 5.67. The smallest absolute Gasteiger partial charge is 0.262 e. The SMILES string of the molecule is CCC(C)c1ccc(OCC(=O)Nc2ccc(N3CCN(C(C)=O)CC3)cc2)cc1. The second-order valence-corrected chi connectivity index (χ2v) is 7.76. The van der Waals surface area contributed by atoms with Crippen LogP contribution in [-0.4, -0.2) is 49.5 Å². The Morgan fingerprint density at radius 2 is 1.63 bits per heavy atom. The lowest BCUT2D eigenvalue weighted by Crippen LogP contribution is -2.48. The maximum absolute atomic E-state index is 12.2. The van der Waals surface area contributed by atoms with E-state index < -0.39 is 0 Å². The number of ether oxygens (including phenoxy) is 1. The van der Waals surface area contributed by atoms with Gasteiger partial charge in [0.25, 0.3) is 5.91 Å². The molecule has 1 N–H and O–H groups in total. The normalized spacial score (nSPS) is 14.9. The molecule has 160 valence electrons. The summed E-state index contributed by atoms with van der Waals surface area (Å²) in [6, 6.07) is 15.7. The van der Waals surface area contributed by atoms with E-state index in [9.17, 15) is 9.59 Å². The highest BCUT2D eigenvalue weighted by Gasteiger charge is 2.18. The minimum Gasteiger partial charge on any atom is -0.484 e. The van der Waals surface area contributed by atoms with Gasteiger partial charge in [0.1, 0.15) is 5.75 Å². The second kappa shape index (κ2) is 10.1. The van der Waals surface area contributed by atoms with E-state index in [1.807, 2.05) is 41.3 Å². The molecule has 2 amide bonds. The van der Waals surface area contributed by atoms with Gasteiger partial charge in [-0.3, -0.25) is 9.59 Å². The molecule has 1 saturated heterocycles. The van der Waals surface area contributed by atoms with E-state index in [1.54, 1.807) is 6.92 Å². The Kier molecular flexibility index (Phi) is 7.33. The molecule has 1 aliphatic heterocycles. The number of piperazine rings is 1. The minimum absolute atomic E-state index is 0.0303. The third-order valence-electron chi connectivity index (χ3n) is 5.67. The molecule has 2 aromatic rings. The van der Waals surface area contributed by atoms with Crippen molar-refractivity contribution in [2.45, 2.75) is 33.1 Å². The number of anilines is 2. The van der Waals surface area contributed by atoms with Gasteiger partial charge in [-0.15, -0.1) is 0 Å². The van der Waals surface area contributed by atoms with Crippen molar-refractivity contribution < 1.29 is 14.3 Å². The highest BCUT2D eigenvalue weighted by Crippen LogP contribution is 2.22. The molecular formula is C24H31N3O3. The van der Waals surface area contributed by atoms with Crippen molar-refractivity contribution in [2.75, 3.05) is 43.0 Å². The molecule has 2 aromatic carbocycles. The van der Waals surface area contributed by atoms with Crippen molar-refractivity contribution in [1.82, 2.24) is 4.90 Å². The lowest BCUT2D eigenvalue weighted by atomic mass is 9.99. The molecule has 6 nitrogen and oxygen atoms in total. The first-order chi connectivity index (χ1) is 14.5. The van der Waals surface area contributed by atoms with Crippen LogP contribution in [0.25, 0.3) is 0 Å². The molecule has 1 atom stereocenters. The molecule has 3 rings (SSSR count). The first-order valence-corrected chi connectivity index (χ1v) is 10.6. The van der Waals surface area contributed by atoms with Crippen molar-refractivity contribution in [3.8, 4) is 5.75 Å². The van der Waals surface area contributed by atoms with Gasteiger partial charge in [-0.25, -0.2) is 0 Å². The number of amides is 2. The quantitative estimate of drug-likeness (QED) is 0.754. The topological polar surface area (TPSA) is 61.9 Å². The van der Waals surface area contributed by atoms with E-state index in [0.29, 0.717) is 11.7 Å². The molecule has 6 heteroatoms. The molecular weight excluding hydrogens is 378 g/mol. The zero-order chi connectivity index (χ0) is 21.5. The van der Waals surface area contributed by atoms with E-state index >= 15 is 0 Å². The molecule has 1 aliphatic rings. The van der Waals surface area contributed by atoms with Crippen LogP contribution in [0.2, 0.25) is 0 Å². The fourth-order valence-electron chi connectivity index (χ4n) is 3.51. The summed E-state index contributed by atoms with van der Waals surface area (Å²) in [5.74, 6) is 1.14. The van der Waals surface area contributed by atoms with Gasteiger partial charge in [0.15, 0.2) is 6.61 Å². The summed E-state index contributed by atoms with van der Waals surface area (Å²) in [4.78, 5) is 27.8. The Bertz CT molecular complexity index is 841. The van der Waals surface area contributed by atoms with Crippen molar-refractivity contribution in [3.63, 3.8) is 0 Å². The molecule has 0 aromatic heterocycles. The number of benzene rings is 2. The van der Waals surface area contributed by atoms with Gasteiger partial charge in [-0.05, 0) is 54.3 Å². The summed E-state index contributed by atoms with van der Waals surface area (Å²) in [7, 11) is 0. The Hall–Kier alpha value is -3.02. The van der Waals surface area contributed by atoms with E-state index in [1.165, 1.54) is 5.56 Å². The molecule has 1 unspecified atom stereocenters. The molecule has 0 aliphatic carbocycles. The molecule has 0 radical (unpaired) electrons. The Morgan fingerprint density at radius 3 is 2.20 bits per heavy atom. The van der Waals surface area contributed by atoms with Gasteiger partial charge >= 0.3 is 0 Å². The van der Waals surface area contributed by atoms with Crippen molar-refractivity contribution in [1.29, 1.82) is 0 Å². The zero-order valence-corrected chi connectivity index (χ0v) is 18.1. The summed E-state index contributed by atoms with van der Waals surface area (Å²) in [5, 5.41) is 2.87. The molecule has 1 heterocycles. The second-order valence-electron chi connectivity index (χ2n) is 7.76. The van der Waals surface area contributed by atoms with Crippen LogP contribution in [0.1, 0.15) is 38.7 Å². The van der Waals surface area contributed by atoms with Gasteiger partial charge in [0.2, 0.25) is 5.91 Å². The zero-order valence-electron chi connectivity index (χ0n) is 18.1. The maximum Gasteiger partial charge on any atom is 0.262 e. The fourth-order valence-corrected chi connectivity index (χ4v) is 3.51. The predicted molar refractivity (Wildman–Crippen MR) is 120 cm³/mol. The largest absolute Gasteiger partial charge is 0.484 e. The summed E-state index contributed by atoms with van der Waals surface area (Å²) in [6.07, 6.45) is 1.09. The van der Waals surface area contributed by atoms with Crippen LogP contribution in [0, 0.1) is 0 Å². The average Bonchev–Trinajstić information content (AvgIpc) is 2.78. The average molecular weight is 410 g/mol. The lowest BCUT2D eigenvalue weighted by molar-refractivity contribution is -0.129. The van der Waals surface area contributed by atoms with Crippen molar-refractivity contribution >= 4 is 23.2 Å². The highest BCUT2D eigenvalue weighted by atomic mass is 16.5. The molecule has 1 fully saturated rings. The Morgan fingerprint density at radius 1 is 1.00 bits per heavy atom. The number of hydrogen-bond acceptors (Lipinski definition) is 4. The third kappa shape index (κ3) is 5.75. The van der Waals surface area contributed by atoms with Crippen LogP contribution >= 0.6 is 0 Å². The monoisotopic (exact) mass is 409 g/mol. The molecule has 30 heavy (non-hydrogen) atoms. The van der Waals surface area contributed by atoms with Crippen LogP contribution in [0.3, 0.4) is 0 Å². The van der Waals surface area contributed by atoms with Crippen LogP contribution in [-0.2, 0) is 9.59 Å². The summed E-state index contributed by atoms with van der Waals surface area (Å²) in [6.45, 7) is 9.05. The van der Waals surface area contributed by atoms with Gasteiger partial charge in [-0.2, -0.15) is 0 Å². The Labute approximate surface area is 178 Å². The van der Waals surface area contributed by atoms with Crippen molar-refractivity contribution in [2.24, 2.45) is 0 Å². The molecule has 0 spiro atoms. The summed E-state index contributed by atoms with van der Waals surface area (Å²) < 4.78 is 5.60. The first kappa shape index (κ1) is 21.7. The van der Waals surface area contributed by atoms with Gasteiger partial charge < -0.3 is 19.9 Å². The Balaban J connectivity index is 1.46. The maximum atomic E-state index is 12.2. The van der Waals surface area contributed by atoms with E-state index in [-0.39, 0.29) is 18.4 Å². The molecule has 0 bridgehead atoms. The van der Waals surface area contributed by atoms with Crippen LogP contribution in [0.5, 0.6) is 5.75 Å². The van der Waals surface area contributed by atoms with Crippen LogP contribution in [0.4, 0.5) is 11.4 Å². The number of carbonyl (C=O) groups is 2. The van der Waals surface area contributed by atoms with Gasteiger partial charge in [0, 0.05) is 44.5 Å². The fraction of sp³-hybridized carbons (Fsp3) is 0.417. The van der Waals surface area contributed by atoms with E-state index in [4.69, 9.17) is 4.74 Å². The van der Waals surface area contributed by atoms with Gasteiger partial charge in [0.05, 0.1) is 0 Å². The van der Waals surface area contributed by atoms with Crippen LogP contribution < -0.4 is 15.0 Å². The lowest BCUT2D eigenvalue weighted by Gasteiger charge is -2.35. The standard InChI is InChI=1S/C24H31N3O3/c1-4-18(2)20-5-11-23(12-6-20)30-17-24(29)25-21-7-9-22(10-8-21)27-15-13-26(14-16-27)19(3)28/h5-12,18H,4,13-17H2,1-3H3,(H,25,29). The molecule has 0 saturated carbocycles. The van der Waals surface area contributed by atoms with Crippen LogP contribution in [0.15, 0.2) is 48.5 Å². The van der Waals surface area contributed by atoms with E-state index in [2.05, 4.69) is 36.2 Å². The predicted octanol–water partition coefficient (Wildman–Crippen LogP) is 3.89. The minimum atomic E-state index is -0.191. The highest BCUT2D eigenvalue weighted by molar-refractivity contribution is 5.92. The van der Waals surface area contributed by atoms with Crippen molar-refractivity contribution in [3.05, 3.63) is 54.1 Å². The number of hydrogen-bond donors (Lipinski definition) is 1. The summed E-state index contributed by atoms with van der Waals surface area (Å²) in [5.41, 5.74) is 3.10. The van der Waals surface area contributed by atoms with Gasteiger partial charge in [-0.1, -0.05) is 26.0 Å². The number of rotatable bonds is 7. The first-order valence-electron chi connectivity index (χ1n) is 10.6. The van der Waals surface area contributed by atoms with E-state index in [0.717, 1.165) is 44.0 Å². The number of nitrogens with one attached hydrogen (secondary N) is 1.